The van der Waals surface area contributed by atoms with E-state index in [9.17, 15) is 13.6 Å². The van der Waals surface area contributed by atoms with E-state index in [1.807, 2.05) is 12.3 Å². The molecule has 1 saturated heterocycles. The van der Waals surface area contributed by atoms with Crippen molar-refractivity contribution in [2.75, 3.05) is 24.6 Å². The number of aromatic amines is 1. The molecule has 3 aliphatic rings. The molecule has 0 bridgehead atoms. The maximum absolute atomic E-state index is 12.9. The molecule has 2 aromatic heterocycles. The van der Waals surface area contributed by atoms with Gasteiger partial charge in [-0.3, -0.25) is 4.79 Å². The second kappa shape index (κ2) is 5.87. The molecule has 27 heavy (non-hydrogen) atoms. The molecule has 0 unspecified atom stereocenters. The lowest BCUT2D eigenvalue weighted by Crippen LogP contribution is -2.46. The smallest absolute Gasteiger partial charge is 0.309 e. The molecule has 2 aromatic rings. The average Bonchev–Trinajstić information content (AvgIpc) is 3.19. The number of fused-ring (bicyclic) bond motifs is 1. The van der Waals surface area contributed by atoms with E-state index >= 15 is 0 Å². The summed E-state index contributed by atoms with van der Waals surface area (Å²) in [5.74, 6) is -2.21. The minimum Gasteiger partial charge on any atom is -0.465 e. The summed E-state index contributed by atoms with van der Waals surface area (Å²) in [5.41, 5.74) is 0.746. The van der Waals surface area contributed by atoms with Crippen LogP contribution in [0.4, 0.5) is 14.6 Å². The number of carbonyl (C=O) groups excluding carboxylic acids is 1. The zero-order chi connectivity index (χ0) is 18.6. The third kappa shape index (κ3) is 2.95. The number of hydrogen-bond donors (Lipinski definition) is 1. The van der Waals surface area contributed by atoms with Gasteiger partial charge in [0.1, 0.15) is 17.8 Å². The summed E-state index contributed by atoms with van der Waals surface area (Å²) in [4.78, 5) is 26.7. The van der Waals surface area contributed by atoms with Crippen molar-refractivity contribution >= 4 is 22.8 Å². The van der Waals surface area contributed by atoms with E-state index in [1.54, 1.807) is 6.33 Å². The Morgan fingerprint density at radius 1 is 1.33 bits per heavy atom. The van der Waals surface area contributed by atoms with Crippen molar-refractivity contribution in [3.63, 3.8) is 0 Å². The molecule has 6 nitrogen and oxygen atoms in total. The molecular weight excluding hydrogens is 354 g/mol. The maximum atomic E-state index is 12.9. The van der Waals surface area contributed by atoms with Gasteiger partial charge in [-0.15, -0.1) is 0 Å². The zero-order valence-corrected chi connectivity index (χ0v) is 15.0. The van der Waals surface area contributed by atoms with E-state index in [0.29, 0.717) is 6.42 Å². The van der Waals surface area contributed by atoms with Gasteiger partial charge in [0.05, 0.1) is 17.9 Å². The molecule has 144 valence electrons. The Balaban J connectivity index is 1.25. The van der Waals surface area contributed by atoms with E-state index in [4.69, 9.17) is 4.74 Å². The summed E-state index contributed by atoms with van der Waals surface area (Å²) in [6.07, 6.45) is 5.77. The van der Waals surface area contributed by atoms with Crippen LogP contribution in [-0.2, 0) is 9.53 Å². The molecular formula is C19H22F2N4O2. The third-order valence-electron chi connectivity index (χ3n) is 6.38. The summed E-state index contributed by atoms with van der Waals surface area (Å²) >= 11 is 0. The number of alkyl halides is 2. The molecule has 2 saturated carbocycles. The number of rotatable bonds is 4. The summed E-state index contributed by atoms with van der Waals surface area (Å²) in [7, 11) is 0. The van der Waals surface area contributed by atoms with Gasteiger partial charge in [-0.2, -0.15) is 0 Å². The SMILES string of the molecule is O=C(OCC1CC(F)(F)C1)[C@H]1CCN(c2ncnc3[nH]ccc23)CC12CC2. The Morgan fingerprint density at radius 2 is 2.15 bits per heavy atom. The van der Waals surface area contributed by atoms with Crippen LogP contribution in [0.1, 0.15) is 32.1 Å². The Kier molecular flexibility index (Phi) is 3.67. The first kappa shape index (κ1) is 16.9. The van der Waals surface area contributed by atoms with E-state index < -0.39 is 5.92 Å². The van der Waals surface area contributed by atoms with E-state index in [2.05, 4.69) is 19.9 Å². The monoisotopic (exact) mass is 376 g/mol. The number of esters is 1. The molecule has 1 aliphatic heterocycles. The number of H-pyrrole nitrogens is 1. The highest BCUT2D eigenvalue weighted by molar-refractivity contribution is 5.87. The molecule has 1 spiro atoms. The van der Waals surface area contributed by atoms with Gasteiger partial charge in [0, 0.05) is 43.5 Å². The van der Waals surface area contributed by atoms with Crippen molar-refractivity contribution in [3.8, 4) is 0 Å². The van der Waals surface area contributed by atoms with Crippen LogP contribution in [0.15, 0.2) is 18.6 Å². The average molecular weight is 376 g/mol. The molecule has 0 aromatic carbocycles. The van der Waals surface area contributed by atoms with Crippen molar-refractivity contribution in [1.29, 1.82) is 0 Å². The number of halogens is 2. The molecule has 5 rings (SSSR count). The molecule has 2 aliphatic carbocycles. The predicted octanol–water partition coefficient (Wildman–Crippen LogP) is 3.15. The van der Waals surface area contributed by atoms with E-state index in [1.165, 1.54) is 0 Å². The number of nitrogens with zero attached hydrogens (tertiary/aromatic N) is 3. The standard InChI is InChI=1S/C19H22F2N4O2/c20-19(21)7-12(8-19)9-27-17(26)14-2-6-25(10-18(14)3-4-18)16-13-1-5-22-15(13)23-11-24-16/h1,5,11-12,14H,2-4,6-10H2,(H,22,23,24)/t14-/m1/s1. The summed E-state index contributed by atoms with van der Waals surface area (Å²) < 4.78 is 31.3. The predicted molar refractivity (Wildman–Crippen MR) is 94.5 cm³/mol. The molecule has 1 N–H and O–H groups in total. The van der Waals surface area contributed by atoms with Gasteiger partial charge in [-0.25, -0.2) is 18.7 Å². The second-order valence-electron chi connectivity index (χ2n) is 8.32. The number of ether oxygens (including phenoxy) is 1. The highest BCUT2D eigenvalue weighted by Crippen LogP contribution is 2.56. The Bertz CT molecular complexity index is 871. The molecule has 0 radical (unpaired) electrons. The largest absolute Gasteiger partial charge is 0.465 e. The summed E-state index contributed by atoms with van der Waals surface area (Å²) in [5, 5.41) is 0.986. The topological polar surface area (TPSA) is 71.1 Å². The quantitative estimate of drug-likeness (QED) is 0.830. The molecule has 3 heterocycles. The number of nitrogens with one attached hydrogen (secondary N) is 1. The van der Waals surface area contributed by atoms with Gasteiger partial charge in [0.25, 0.3) is 0 Å². The highest BCUT2D eigenvalue weighted by Gasteiger charge is 2.56. The minimum atomic E-state index is -2.57. The summed E-state index contributed by atoms with van der Waals surface area (Å²) in [6.45, 7) is 1.62. The van der Waals surface area contributed by atoms with Crippen LogP contribution < -0.4 is 4.90 Å². The molecule has 3 fully saturated rings. The van der Waals surface area contributed by atoms with Crippen molar-refractivity contribution in [3.05, 3.63) is 18.6 Å². The lowest BCUT2D eigenvalue weighted by molar-refractivity contribution is -0.164. The lowest BCUT2D eigenvalue weighted by atomic mass is 9.81. The van der Waals surface area contributed by atoms with Crippen LogP contribution in [0.5, 0.6) is 0 Å². The number of hydrogen-bond acceptors (Lipinski definition) is 5. The molecule has 0 amide bonds. The third-order valence-corrected chi connectivity index (χ3v) is 6.38. The Morgan fingerprint density at radius 3 is 2.89 bits per heavy atom. The van der Waals surface area contributed by atoms with Gasteiger partial charge in [-0.1, -0.05) is 0 Å². The fourth-order valence-corrected chi connectivity index (χ4v) is 4.69. The number of piperidine rings is 1. The first-order valence-corrected chi connectivity index (χ1v) is 9.53. The van der Waals surface area contributed by atoms with Gasteiger partial charge in [0.2, 0.25) is 5.92 Å². The lowest BCUT2D eigenvalue weighted by Gasteiger charge is -2.39. The second-order valence-corrected chi connectivity index (χ2v) is 8.32. The van der Waals surface area contributed by atoms with Gasteiger partial charge < -0.3 is 14.6 Å². The first-order valence-electron chi connectivity index (χ1n) is 9.53. The van der Waals surface area contributed by atoms with Crippen LogP contribution in [0, 0.1) is 17.3 Å². The van der Waals surface area contributed by atoms with Crippen molar-refractivity contribution in [2.24, 2.45) is 17.3 Å². The summed E-state index contributed by atoms with van der Waals surface area (Å²) in [6, 6.07) is 1.97. The first-order chi connectivity index (χ1) is 13.0. The fraction of sp³-hybridized carbons (Fsp3) is 0.632. The molecule has 1 atom stereocenters. The van der Waals surface area contributed by atoms with Crippen LogP contribution in [0.25, 0.3) is 11.0 Å². The number of aromatic nitrogens is 3. The maximum Gasteiger partial charge on any atom is 0.309 e. The van der Waals surface area contributed by atoms with Crippen molar-refractivity contribution in [2.45, 2.75) is 38.0 Å². The van der Waals surface area contributed by atoms with E-state index in [-0.39, 0.29) is 42.7 Å². The van der Waals surface area contributed by atoms with Crippen molar-refractivity contribution < 1.29 is 18.3 Å². The Labute approximate surface area is 155 Å². The van der Waals surface area contributed by atoms with E-state index in [0.717, 1.165) is 42.8 Å². The van der Waals surface area contributed by atoms with Crippen molar-refractivity contribution in [1.82, 2.24) is 15.0 Å². The van der Waals surface area contributed by atoms with Gasteiger partial charge in [-0.05, 0) is 25.3 Å². The van der Waals surface area contributed by atoms with Crippen LogP contribution in [0.3, 0.4) is 0 Å². The van der Waals surface area contributed by atoms with Gasteiger partial charge in [0.15, 0.2) is 0 Å². The fourth-order valence-electron chi connectivity index (χ4n) is 4.69. The van der Waals surface area contributed by atoms with Crippen LogP contribution in [-0.4, -0.2) is 46.5 Å². The normalized spacial score (nSPS) is 26.1. The zero-order valence-electron chi connectivity index (χ0n) is 15.0. The Hall–Kier alpha value is -2.25. The minimum absolute atomic E-state index is 0.0630. The highest BCUT2D eigenvalue weighted by atomic mass is 19.3. The number of anilines is 1. The number of carbonyl (C=O) groups is 1. The van der Waals surface area contributed by atoms with Crippen LogP contribution in [0.2, 0.25) is 0 Å². The van der Waals surface area contributed by atoms with Gasteiger partial charge >= 0.3 is 5.97 Å². The van der Waals surface area contributed by atoms with Crippen LogP contribution >= 0.6 is 0 Å². The molecule has 8 heteroatoms.